The van der Waals surface area contributed by atoms with Gasteiger partial charge in [0.15, 0.2) is 0 Å². The van der Waals surface area contributed by atoms with Crippen molar-refractivity contribution < 1.29 is 19.4 Å². The largest absolute Gasteiger partial charge is 0.487 e. The number of aliphatic hydroxyl groups is 1. The first-order valence-electron chi connectivity index (χ1n) is 7.15. The fraction of sp³-hybridized carbons (Fsp3) is 0.188. The summed E-state index contributed by atoms with van der Waals surface area (Å²) in [7, 11) is 0. The molecule has 1 aromatic carbocycles. The van der Waals surface area contributed by atoms with Gasteiger partial charge in [0, 0.05) is 15.6 Å². The van der Waals surface area contributed by atoms with Crippen LogP contribution in [0.25, 0.3) is 0 Å². The van der Waals surface area contributed by atoms with Crippen LogP contribution in [0.2, 0.25) is 10.0 Å². The molecule has 2 amide bonds. The van der Waals surface area contributed by atoms with Gasteiger partial charge in [0.1, 0.15) is 24.1 Å². The van der Waals surface area contributed by atoms with Crippen LogP contribution in [0.15, 0.2) is 36.5 Å². The number of ether oxygens (including phenoxy) is 1. The maximum atomic E-state index is 11.8. The Kier molecular flexibility index (Phi) is 6.58. The van der Waals surface area contributed by atoms with Crippen molar-refractivity contribution in [2.24, 2.45) is 11.7 Å². The van der Waals surface area contributed by atoms with E-state index in [1.807, 2.05) is 0 Å². The van der Waals surface area contributed by atoms with Crippen molar-refractivity contribution in [3.63, 3.8) is 0 Å². The van der Waals surface area contributed by atoms with Crippen molar-refractivity contribution in [3.8, 4) is 5.75 Å². The molecule has 1 aromatic heterocycles. The van der Waals surface area contributed by atoms with Crippen molar-refractivity contribution in [1.82, 2.24) is 4.98 Å². The van der Waals surface area contributed by atoms with Crippen LogP contribution in [-0.2, 0) is 16.2 Å². The normalized spacial score (nSPS) is 11.6. The van der Waals surface area contributed by atoms with Gasteiger partial charge in [0.25, 0.3) is 0 Å². The van der Waals surface area contributed by atoms with Gasteiger partial charge >= 0.3 is 0 Å². The quantitative estimate of drug-likeness (QED) is 0.632. The highest BCUT2D eigenvalue weighted by Gasteiger charge is 2.23. The molecule has 1 heterocycles. The number of primary amides is 1. The summed E-state index contributed by atoms with van der Waals surface area (Å²) in [6.45, 7) is -0.527. The second-order valence-corrected chi connectivity index (χ2v) is 5.81. The number of hydrogen-bond acceptors (Lipinski definition) is 5. The standard InChI is InChI=1S/C16H15Cl2N3O4/c17-12-2-1-3-13(18)11(12)8-25-9-4-5-14(20-6-9)21-16(24)10(7-22)15(19)23/h1-6,10,22H,7-8H2,(H2,19,23)(H,20,21,24)/t10-/m0/s1. The predicted molar refractivity (Wildman–Crippen MR) is 93.4 cm³/mol. The summed E-state index contributed by atoms with van der Waals surface area (Å²) in [6.07, 6.45) is 1.39. The highest BCUT2D eigenvalue weighted by atomic mass is 35.5. The summed E-state index contributed by atoms with van der Waals surface area (Å²) >= 11 is 12.1. The van der Waals surface area contributed by atoms with Gasteiger partial charge in [0.2, 0.25) is 11.8 Å². The van der Waals surface area contributed by atoms with Crippen LogP contribution >= 0.6 is 23.2 Å². The van der Waals surface area contributed by atoms with Crippen LogP contribution in [0, 0.1) is 5.92 Å². The van der Waals surface area contributed by atoms with Crippen molar-refractivity contribution >= 4 is 40.8 Å². The number of carbonyl (C=O) groups excluding carboxylic acids is 2. The molecule has 2 aromatic rings. The SMILES string of the molecule is NC(=O)[C@H](CO)C(=O)Nc1ccc(OCc2c(Cl)cccc2Cl)cn1. The number of benzene rings is 1. The molecule has 2 rings (SSSR count). The number of nitrogens with one attached hydrogen (secondary N) is 1. The minimum Gasteiger partial charge on any atom is -0.487 e. The molecule has 0 spiro atoms. The fourth-order valence-electron chi connectivity index (χ4n) is 1.88. The third kappa shape index (κ3) is 5.06. The van der Waals surface area contributed by atoms with Crippen LogP contribution < -0.4 is 15.8 Å². The molecular formula is C16H15Cl2N3O4. The van der Waals surface area contributed by atoms with Crippen LogP contribution in [-0.4, -0.2) is 28.5 Å². The van der Waals surface area contributed by atoms with Crippen LogP contribution in [0.5, 0.6) is 5.75 Å². The average Bonchev–Trinajstić information content (AvgIpc) is 2.56. The minimum absolute atomic E-state index is 0.153. The summed E-state index contributed by atoms with van der Waals surface area (Å²) < 4.78 is 5.56. The van der Waals surface area contributed by atoms with Gasteiger partial charge in [0.05, 0.1) is 12.8 Å². The Bertz CT molecular complexity index is 748. The molecule has 0 saturated carbocycles. The molecule has 7 nitrogen and oxygen atoms in total. The van der Waals surface area contributed by atoms with Gasteiger partial charge in [-0.15, -0.1) is 0 Å². The van der Waals surface area contributed by atoms with Crippen molar-refractivity contribution in [2.75, 3.05) is 11.9 Å². The zero-order chi connectivity index (χ0) is 18.4. The van der Waals surface area contributed by atoms with Gasteiger partial charge < -0.3 is 20.9 Å². The lowest BCUT2D eigenvalue weighted by molar-refractivity contribution is -0.132. The number of hydrogen-bond donors (Lipinski definition) is 3. The number of halogens is 2. The number of aliphatic hydroxyl groups excluding tert-OH is 1. The number of rotatable bonds is 7. The van der Waals surface area contributed by atoms with Gasteiger partial charge in [-0.1, -0.05) is 29.3 Å². The van der Waals surface area contributed by atoms with Crippen LogP contribution in [0.4, 0.5) is 5.82 Å². The second-order valence-electron chi connectivity index (χ2n) is 4.99. The van der Waals surface area contributed by atoms with Crippen LogP contribution in [0.1, 0.15) is 5.56 Å². The van der Waals surface area contributed by atoms with Crippen molar-refractivity contribution in [3.05, 3.63) is 52.1 Å². The van der Waals surface area contributed by atoms with Gasteiger partial charge in [-0.2, -0.15) is 0 Å². The smallest absolute Gasteiger partial charge is 0.240 e. The van der Waals surface area contributed by atoms with E-state index in [4.69, 9.17) is 38.8 Å². The first-order valence-corrected chi connectivity index (χ1v) is 7.90. The Morgan fingerprint density at radius 2 is 1.92 bits per heavy atom. The Morgan fingerprint density at radius 1 is 1.24 bits per heavy atom. The van der Waals surface area contributed by atoms with Gasteiger partial charge in [-0.3, -0.25) is 9.59 Å². The lowest BCUT2D eigenvalue weighted by atomic mass is 10.1. The van der Waals surface area contributed by atoms with E-state index in [0.29, 0.717) is 21.4 Å². The van der Waals surface area contributed by atoms with E-state index in [1.165, 1.54) is 12.3 Å². The van der Waals surface area contributed by atoms with E-state index in [0.717, 1.165) is 0 Å². The molecule has 0 fully saturated rings. The summed E-state index contributed by atoms with van der Waals surface area (Å²) in [6, 6.07) is 8.21. The third-order valence-corrected chi connectivity index (χ3v) is 3.98. The number of anilines is 1. The van der Waals surface area contributed by atoms with Gasteiger partial charge in [-0.25, -0.2) is 4.98 Å². The minimum atomic E-state index is -1.33. The summed E-state index contributed by atoms with van der Waals surface area (Å²) in [5.74, 6) is -2.37. The molecule has 132 valence electrons. The summed E-state index contributed by atoms with van der Waals surface area (Å²) in [5.41, 5.74) is 5.67. The first kappa shape index (κ1) is 19.0. The summed E-state index contributed by atoms with van der Waals surface area (Å²) in [4.78, 5) is 26.8. The summed E-state index contributed by atoms with van der Waals surface area (Å²) in [5, 5.41) is 12.4. The molecule has 0 bridgehead atoms. The predicted octanol–water partition coefficient (Wildman–Crippen LogP) is 2.00. The van der Waals surface area contributed by atoms with E-state index in [2.05, 4.69) is 10.3 Å². The Balaban J connectivity index is 1.98. The molecule has 1 atom stereocenters. The highest BCUT2D eigenvalue weighted by molar-refractivity contribution is 6.35. The zero-order valence-corrected chi connectivity index (χ0v) is 14.4. The van der Waals surface area contributed by atoms with Crippen LogP contribution in [0.3, 0.4) is 0 Å². The molecule has 0 aliphatic heterocycles. The molecule has 9 heteroatoms. The molecule has 25 heavy (non-hydrogen) atoms. The monoisotopic (exact) mass is 383 g/mol. The maximum Gasteiger partial charge on any atom is 0.240 e. The van der Waals surface area contributed by atoms with E-state index in [9.17, 15) is 9.59 Å². The highest BCUT2D eigenvalue weighted by Crippen LogP contribution is 2.25. The number of pyridine rings is 1. The second kappa shape index (κ2) is 8.66. The molecule has 0 radical (unpaired) electrons. The van der Waals surface area contributed by atoms with E-state index < -0.39 is 24.3 Å². The van der Waals surface area contributed by atoms with E-state index >= 15 is 0 Å². The van der Waals surface area contributed by atoms with Gasteiger partial charge in [-0.05, 0) is 24.3 Å². The molecule has 4 N–H and O–H groups in total. The lowest BCUT2D eigenvalue weighted by Gasteiger charge is -2.12. The number of aromatic nitrogens is 1. The zero-order valence-electron chi connectivity index (χ0n) is 12.9. The number of nitrogens with zero attached hydrogens (tertiary/aromatic N) is 1. The average molecular weight is 384 g/mol. The number of amides is 2. The van der Waals surface area contributed by atoms with Crippen molar-refractivity contribution in [1.29, 1.82) is 0 Å². The molecular weight excluding hydrogens is 369 g/mol. The molecule has 0 unspecified atom stereocenters. The first-order chi connectivity index (χ1) is 11.9. The number of carbonyl (C=O) groups is 2. The van der Waals surface area contributed by atoms with E-state index in [1.54, 1.807) is 24.3 Å². The Hall–Kier alpha value is -2.35. The molecule has 0 aliphatic carbocycles. The van der Waals surface area contributed by atoms with Crippen molar-refractivity contribution in [2.45, 2.75) is 6.61 Å². The fourth-order valence-corrected chi connectivity index (χ4v) is 2.39. The maximum absolute atomic E-state index is 11.8. The topological polar surface area (TPSA) is 115 Å². The lowest BCUT2D eigenvalue weighted by Crippen LogP contribution is -2.37. The number of nitrogens with two attached hydrogens (primary N) is 1. The molecule has 0 saturated heterocycles. The van der Waals surface area contributed by atoms with E-state index in [-0.39, 0.29) is 12.4 Å². The Labute approximate surface area is 153 Å². The molecule has 0 aliphatic rings. The third-order valence-electron chi connectivity index (χ3n) is 3.27. The Morgan fingerprint density at radius 3 is 2.44 bits per heavy atom.